The van der Waals surface area contributed by atoms with Gasteiger partial charge in [-0.2, -0.15) is 0 Å². The van der Waals surface area contributed by atoms with Crippen molar-refractivity contribution < 1.29 is 24.2 Å². The molecule has 1 aromatic rings. The van der Waals surface area contributed by atoms with Gasteiger partial charge in [0.25, 0.3) is 5.91 Å². The number of nitrogens with zero attached hydrogens (tertiary/aromatic N) is 5. The van der Waals surface area contributed by atoms with Gasteiger partial charge in [0, 0.05) is 49.8 Å². The molecule has 2 amide bonds. The predicted octanol–water partition coefficient (Wildman–Crippen LogP) is 9.75. The van der Waals surface area contributed by atoms with E-state index < -0.39 is 19.8 Å². The molecule has 9 atom stereocenters. The Morgan fingerprint density at radius 2 is 1.62 bits per heavy atom. The summed E-state index contributed by atoms with van der Waals surface area (Å²) in [7, 11) is -0.127. The predicted molar refractivity (Wildman–Crippen MR) is 239 cm³/mol. The molecular formula is C50H79N5O5Si. The minimum Gasteiger partial charge on any atom is -0.386 e. The third kappa shape index (κ3) is 7.45. The van der Waals surface area contributed by atoms with Crippen molar-refractivity contribution in [2.45, 2.75) is 228 Å². The quantitative estimate of drug-likeness (QED) is 0.221. The highest BCUT2D eigenvalue weighted by atomic mass is 28.3. The number of amides is 2. The van der Waals surface area contributed by atoms with Gasteiger partial charge in [-0.15, -0.1) is 5.10 Å². The number of aromatic nitrogens is 3. The average Bonchev–Trinajstić information content (AvgIpc) is 4.03. The number of aliphatic hydroxyl groups excluding tert-OH is 1. The number of rotatable bonds is 11. The molecule has 61 heavy (non-hydrogen) atoms. The molecule has 1 spiro atoms. The topological polar surface area (TPSA) is 110 Å². The van der Waals surface area contributed by atoms with Gasteiger partial charge in [0.05, 0.1) is 26.5 Å². The van der Waals surface area contributed by atoms with Crippen LogP contribution in [-0.4, -0.2) is 93.3 Å². The van der Waals surface area contributed by atoms with Gasteiger partial charge in [-0.1, -0.05) is 83.0 Å². The van der Waals surface area contributed by atoms with Crippen molar-refractivity contribution in [2.24, 2.45) is 35.5 Å². The summed E-state index contributed by atoms with van der Waals surface area (Å²) in [4.78, 5) is 34.3. The Morgan fingerprint density at radius 1 is 0.885 bits per heavy atom. The van der Waals surface area contributed by atoms with Gasteiger partial charge in [-0.25, -0.2) is 0 Å². The Labute approximate surface area is 367 Å². The monoisotopic (exact) mass is 858 g/mol. The Morgan fingerprint density at radius 3 is 2.38 bits per heavy atom. The molecule has 0 aromatic carbocycles. The van der Waals surface area contributed by atoms with Crippen molar-refractivity contribution >= 4 is 19.9 Å². The number of aliphatic hydroxyl groups is 1. The largest absolute Gasteiger partial charge is 0.386 e. The lowest BCUT2D eigenvalue weighted by Crippen LogP contribution is -2.51. The lowest BCUT2D eigenvalue weighted by atomic mass is 9.65. The fourth-order valence-corrected chi connectivity index (χ4v) is 21.4. The van der Waals surface area contributed by atoms with Crippen molar-refractivity contribution in [3.63, 3.8) is 0 Å². The number of carbonyl (C=O) groups excluding carboxylic acids is 2. The second-order valence-corrected chi connectivity index (χ2v) is 27.7. The Balaban J connectivity index is 0.873. The Hall–Kier alpha value is -2.08. The molecule has 9 aliphatic rings. The van der Waals surface area contributed by atoms with Crippen molar-refractivity contribution in [2.75, 3.05) is 13.7 Å². The number of likely N-dealkylation sites (tertiary alicyclic amines) is 1. The van der Waals surface area contributed by atoms with E-state index in [1.54, 1.807) is 0 Å². The Bertz CT molecular complexity index is 1780. The minimum atomic E-state index is -1.99. The second kappa shape index (κ2) is 17.4. The van der Waals surface area contributed by atoms with Crippen LogP contribution in [0.15, 0.2) is 17.5 Å². The maximum Gasteiger partial charge on any atom is 0.263 e. The second-order valence-electron chi connectivity index (χ2n) is 22.6. The van der Waals surface area contributed by atoms with Gasteiger partial charge in [0.1, 0.15) is 11.8 Å². The van der Waals surface area contributed by atoms with Crippen molar-refractivity contribution in [3.05, 3.63) is 23.2 Å². The van der Waals surface area contributed by atoms with Crippen LogP contribution in [0.3, 0.4) is 0 Å². The van der Waals surface area contributed by atoms with Gasteiger partial charge in [-0.3, -0.25) is 14.3 Å². The first-order chi connectivity index (χ1) is 29.6. The van der Waals surface area contributed by atoms with Crippen LogP contribution >= 0.6 is 0 Å². The van der Waals surface area contributed by atoms with E-state index in [0.717, 1.165) is 102 Å². The van der Waals surface area contributed by atoms with E-state index in [9.17, 15) is 9.90 Å². The third-order valence-electron chi connectivity index (χ3n) is 19.4. The summed E-state index contributed by atoms with van der Waals surface area (Å²) in [6.07, 6.45) is 29.0. The van der Waals surface area contributed by atoms with Crippen molar-refractivity contribution in [1.82, 2.24) is 24.8 Å². The van der Waals surface area contributed by atoms with Crippen LogP contribution in [-0.2, 0) is 25.6 Å². The summed E-state index contributed by atoms with van der Waals surface area (Å²) in [6.45, 7) is 9.12. The van der Waals surface area contributed by atoms with Crippen LogP contribution in [0.4, 0.5) is 0 Å². The van der Waals surface area contributed by atoms with E-state index in [1.165, 1.54) is 75.5 Å². The smallest absolute Gasteiger partial charge is 0.263 e. The molecule has 2 saturated heterocycles. The van der Waals surface area contributed by atoms with Gasteiger partial charge in [0.15, 0.2) is 5.60 Å². The van der Waals surface area contributed by atoms with E-state index in [-0.39, 0.29) is 23.8 Å². The molecule has 6 aliphatic carbocycles. The highest BCUT2D eigenvalue weighted by molar-refractivity contribution is 6.80. The molecule has 338 valence electrons. The summed E-state index contributed by atoms with van der Waals surface area (Å²) in [5.41, 5.74) is 3.45. The maximum atomic E-state index is 15.6. The third-order valence-corrected chi connectivity index (χ3v) is 24.7. The van der Waals surface area contributed by atoms with E-state index in [2.05, 4.69) is 40.1 Å². The van der Waals surface area contributed by atoms with Crippen LogP contribution in [0.25, 0.3) is 0 Å². The normalized spacial score (nSPS) is 40.2. The SMILES string of the molecule is COC1CCC([Si](C)(C)[C@@H]2[C@@H](CCn3cc([C@H](O)C4CCCCC4)nn3)O[C@]3(C(=O)N(CC4CCC(N5C(=O)C6CCCC7CCCC5C76)CC4)C4=C3CCCC4)[C@H]2C)CC1. The number of hydrogen-bond donors (Lipinski definition) is 1. The zero-order valence-electron chi connectivity index (χ0n) is 38.3. The first kappa shape index (κ1) is 42.8. The number of hydrogen-bond acceptors (Lipinski definition) is 7. The summed E-state index contributed by atoms with van der Waals surface area (Å²) < 4.78 is 15.4. The summed E-state index contributed by atoms with van der Waals surface area (Å²) in [6, 6.07) is 0.864. The molecule has 11 heteroatoms. The van der Waals surface area contributed by atoms with E-state index in [1.807, 2.05) is 18.0 Å². The zero-order valence-corrected chi connectivity index (χ0v) is 39.3. The number of carbonyl (C=O) groups is 2. The number of fused-ring (bicyclic) bond motifs is 1. The van der Waals surface area contributed by atoms with Crippen LogP contribution in [0.5, 0.6) is 0 Å². The van der Waals surface area contributed by atoms with Gasteiger partial charge >= 0.3 is 0 Å². The van der Waals surface area contributed by atoms with Crippen molar-refractivity contribution in [1.29, 1.82) is 0 Å². The van der Waals surface area contributed by atoms with E-state index in [0.29, 0.717) is 65.2 Å². The fraction of sp³-hybridized carbons (Fsp3) is 0.880. The number of allylic oxidation sites excluding steroid dienone is 1. The van der Waals surface area contributed by atoms with E-state index in [4.69, 9.17) is 9.47 Å². The molecule has 0 bridgehead atoms. The molecule has 10 rings (SSSR count). The van der Waals surface area contributed by atoms with Crippen LogP contribution in [0.2, 0.25) is 24.2 Å². The molecule has 4 unspecified atom stereocenters. The maximum absolute atomic E-state index is 15.6. The average molecular weight is 858 g/mol. The molecule has 7 fully saturated rings. The zero-order chi connectivity index (χ0) is 42.0. The van der Waals surface area contributed by atoms with E-state index >= 15 is 4.79 Å². The first-order valence-electron chi connectivity index (χ1n) is 25.8. The molecular weight excluding hydrogens is 779 g/mol. The summed E-state index contributed by atoms with van der Waals surface area (Å²) >= 11 is 0. The van der Waals surface area contributed by atoms with Gasteiger partial charge in [0.2, 0.25) is 5.91 Å². The minimum absolute atomic E-state index is 0.0381. The molecule has 4 heterocycles. The lowest BCUT2D eigenvalue weighted by molar-refractivity contribution is -0.150. The van der Waals surface area contributed by atoms with Crippen LogP contribution < -0.4 is 0 Å². The summed E-state index contributed by atoms with van der Waals surface area (Å²) in [5.74, 6) is 3.25. The molecule has 3 aliphatic heterocycles. The molecule has 5 saturated carbocycles. The number of methoxy groups -OCH3 is 1. The highest BCUT2D eigenvalue weighted by Gasteiger charge is 2.67. The number of ether oxygens (including phenoxy) is 2. The van der Waals surface area contributed by atoms with Gasteiger partial charge < -0.3 is 24.4 Å². The lowest BCUT2D eigenvalue weighted by Gasteiger charge is -2.45. The highest BCUT2D eigenvalue weighted by Crippen LogP contribution is 2.62. The fourth-order valence-electron chi connectivity index (χ4n) is 16.3. The van der Waals surface area contributed by atoms with Gasteiger partial charge in [-0.05, 0) is 137 Å². The molecule has 10 nitrogen and oxygen atoms in total. The Kier molecular flexibility index (Phi) is 12.2. The van der Waals surface area contributed by atoms with Crippen LogP contribution in [0, 0.1) is 35.5 Å². The molecule has 1 N–H and O–H groups in total. The summed E-state index contributed by atoms with van der Waals surface area (Å²) in [5, 5.41) is 20.3. The first-order valence-corrected chi connectivity index (χ1v) is 28.9. The van der Waals surface area contributed by atoms with Crippen LogP contribution in [0.1, 0.15) is 173 Å². The standard InChI is InChI=1S/C50H79N5O5Si/c1-32-47(61(3,4)38-26-24-37(59-2)25-27-38)44(28-29-53-31-41(51-52-53)46(56)35-12-6-5-7-13-35)60-50(32)40-17-8-9-18-42(40)54(49(50)58)30-33-20-22-36(23-21-33)55-43-19-11-15-34-14-10-16-39(45(34)43)48(55)57/h31-39,43-47,56H,5-30H2,1-4H3/t32-,33?,34?,36?,37?,38?,39?,43?,44+,45?,46+,47-,50+/m0/s1. The molecule has 1 aromatic heterocycles. The van der Waals surface area contributed by atoms with Crippen molar-refractivity contribution in [3.8, 4) is 0 Å². The molecule has 0 radical (unpaired) electrons. The number of aryl methyl sites for hydroxylation is 1.